The second-order valence-electron chi connectivity index (χ2n) is 2.51. The third-order valence-electron chi connectivity index (χ3n) is 1.56. The molecule has 1 atom stereocenters. The highest BCUT2D eigenvalue weighted by Crippen LogP contribution is 2.04. The summed E-state index contributed by atoms with van der Waals surface area (Å²) in [6.45, 7) is 4.22. The van der Waals surface area contributed by atoms with E-state index in [1.807, 2.05) is 0 Å². The second-order valence-corrected chi connectivity index (χ2v) is 2.51. The fourth-order valence-electron chi connectivity index (χ4n) is 0.927. The fraction of sp³-hybridized carbons (Fsp3) is 0.857. The van der Waals surface area contributed by atoms with Crippen LogP contribution in [-0.4, -0.2) is 12.0 Å². The number of hydrogen-bond donors (Lipinski definition) is 3. The molecule has 4 nitrogen and oxygen atoms in total. The van der Waals surface area contributed by atoms with E-state index in [-0.39, 0.29) is 0 Å². The Hall–Kier alpha value is -0.770. The molecule has 1 unspecified atom stereocenters. The smallest absolute Gasteiger partial charge is 0.203 e. The van der Waals surface area contributed by atoms with Gasteiger partial charge in [0.1, 0.15) is 0 Å². The number of guanidine groups is 1. The van der Waals surface area contributed by atoms with Gasteiger partial charge in [0.15, 0.2) is 0 Å². The summed E-state index contributed by atoms with van der Waals surface area (Å²) >= 11 is 0. The molecule has 0 amide bonds. The molecule has 0 saturated carbocycles. The summed E-state index contributed by atoms with van der Waals surface area (Å²) < 4.78 is 0. The van der Waals surface area contributed by atoms with Gasteiger partial charge in [0.2, 0.25) is 5.96 Å². The Morgan fingerprint density at radius 1 is 1.55 bits per heavy atom. The monoisotopic (exact) mass is 158 g/mol. The lowest BCUT2D eigenvalue weighted by atomic mass is 10.1. The molecule has 0 radical (unpaired) electrons. The Morgan fingerprint density at radius 2 is 2.18 bits per heavy atom. The van der Waals surface area contributed by atoms with Crippen LogP contribution in [0.5, 0.6) is 0 Å². The van der Waals surface area contributed by atoms with Crippen molar-refractivity contribution in [2.75, 3.05) is 0 Å². The van der Waals surface area contributed by atoms with E-state index in [9.17, 15) is 0 Å². The van der Waals surface area contributed by atoms with Gasteiger partial charge in [0, 0.05) is 0 Å². The van der Waals surface area contributed by atoms with Crippen molar-refractivity contribution < 1.29 is 0 Å². The maximum absolute atomic E-state index is 5.39. The highest BCUT2D eigenvalue weighted by Gasteiger charge is 2.01. The van der Waals surface area contributed by atoms with E-state index in [0.29, 0.717) is 12.0 Å². The molecule has 0 rings (SSSR count). The van der Waals surface area contributed by atoms with Crippen molar-refractivity contribution in [2.45, 2.75) is 39.2 Å². The third kappa shape index (κ3) is 4.61. The van der Waals surface area contributed by atoms with E-state index in [0.717, 1.165) is 19.3 Å². The minimum atomic E-state index is 0.316. The molecule has 0 aromatic rings. The van der Waals surface area contributed by atoms with E-state index in [4.69, 9.17) is 11.6 Å². The Morgan fingerprint density at radius 3 is 2.55 bits per heavy atom. The molecule has 0 aromatic carbocycles. The van der Waals surface area contributed by atoms with Crippen molar-refractivity contribution in [3.8, 4) is 0 Å². The fourth-order valence-corrected chi connectivity index (χ4v) is 0.927. The maximum Gasteiger partial charge on any atom is 0.203 e. The number of nitrogens with zero attached hydrogens (tertiary/aromatic N) is 1. The van der Waals surface area contributed by atoms with E-state index in [1.54, 1.807) is 0 Å². The van der Waals surface area contributed by atoms with Crippen LogP contribution in [0.4, 0.5) is 0 Å². The number of hydrogen-bond acceptors (Lipinski definition) is 2. The Bertz CT molecular complexity index is 122. The van der Waals surface area contributed by atoms with Gasteiger partial charge in [-0.15, -0.1) is 0 Å². The Balaban J connectivity index is 3.84. The first-order valence-corrected chi connectivity index (χ1v) is 4.04. The molecule has 0 heterocycles. The van der Waals surface area contributed by atoms with E-state index in [1.165, 1.54) is 0 Å². The first kappa shape index (κ1) is 10.2. The van der Waals surface area contributed by atoms with Crippen LogP contribution in [0.25, 0.3) is 0 Å². The first-order valence-electron chi connectivity index (χ1n) is 4.04. The molecule has 0 saturated heterocycles. The van der Waals surface area contributed by atoms with Crippen LogP contribution in [0.3, 0.4) is 0 Å². The summed E-state index contributed by atoms with van der Waals surface area (Å²) in [6, 6.07) is 0.316. The first-order chi connectivity index (χ1) is 5.24. The van der Waals surface area contributed by atoms with Crippen molar-refractivity contribution in [3.63, 3.8) is 0 Å². The number of nitrogens with one attached hydrogen (secondary N) is 1. The van der Waals surface area contributed by atoms with Crippen molar-refractivity contribution in [2.24, 2.45) is 16.6 Å². The van der Waals surface area contributed by atoms with Gasteiger partial charge in [0.25, 0.3) is 0 Å². The zero-order valence-electron chi connectivity index (χ0n) is 7.30. The average Bonchev–Trinajstić information content (AvgIpc) is 2.03. The van der Waals surface area contributed by atoms with Crippen molar-refractivity contribution in [1.82, 2.24) is 5.43 Å². The minimum absolute atomic E-state index is 0.316. The van der Waals surface area contributed by atoms with Gasteiger partial charge in [-0.3, -0.25) is 5.43 Å². The van der Waals surface area contributed by atoms with Crippen LogP contribution in [0.1, 0.15) is 33.1 Å². The number of aliphatic imine (C=N–C) groups is 1. The third-order valence-corrected chi connectivity index (χ3v) is 1.56. The molecule has 4 heteroatoms. The van der Waals surface area contributed by atoms with Crippen LogP contribution in [-0.2, 0) is 0 Å². The quantitative estimate of drug-likeness (QED) is 0.239. The predicted octanol–water partition coefficient (Wildman–Crippen LogP) is 0.343. The number of nitrogens with two attached hydrogens (primary N) is 2. The number of rotatable bonds is 4. The van der Waals surface area contributed by atoms with E-state index >= 15 is 0 Å². The summed E-state index contributed by atoms with van der Waals surface area (Å²) in [4.78, 5) is 4.16. The summed E-state index contributed by atoms with van der Waals surface area (Å²) in [5, 5.41) is 0. The van der Waals surface area contributed by atoms with E-state index < -0.39 is 0 Å². The van der Waals surface area contributed by atoms with Crippen LogP contribution in [0.2, 0.25) is 0 Å². The summed E-state index contributed by atoms with van der Waals surface area (Å²) in [5.41, 5.74) is 7.71. The van der Waals surface area contributed by atoms with Gasteiger partial charge < -0.3 is 5.73 Å². The topological polar surface area (TPSA) is 76.4 Å². The normalized spacial score (nSPS) is 14.6. The zero-order valence-corrected chi connectivity index (χ0v) is 7.30. The van der Waals surface area contributed by atoms with Crippen molar-refractivity contribution in [1.29, 1.82) is 0 Å². The Kier molecular flexibility index (Phi) is 5.56. The van der Waals surface area contributed by atoms with Gasteiger partial charge >= 0.3 is 0 Å². The van der Waals surface area contributed by atoms with Crippen LogP contribution < -0.4 is 17.0 Å². The van der Waals surface area contributed by atoms with Crippen molar-refractivity contribution in [3.05, 3.63) is 0 Å². The SMILES string of the molecule is CCCC(CC)N=C(N)NN. The van der Waals surface area contributed by atoms with E-state index in [2.05, 4.69) is 24.3 Å². The summed E-state index contributed by atoms with van der Waals surface area (Å²) in [6.07, 6.45) is 3.20. The van der Waals surface area contributed by atoms with Crippen LogP contribution in [0, 0.1) is 0 Å². The zero-order chi connectivity index (χ0) is 8.69. The minimum Gasteiger partial charge on any atom is -0.369 e. The average molecular weight is 158 g/mol. The standard InChI is InChI=1S/C7H18N4/c1-3-5-6(4-2)10-7(8)11-9/h6H,3-5,9H2,1-2H3,(H3,8,10,11). The molecular weight excluding hydrogens is 140 g/mol. The highest BCUT2D eigenvalue weighted by atomic mass is 15.3. The molecule has 0 bridgehead atoms. The molecule has 0 aliphatic carbocycles. The number of hydrazine groups is 1. The van der Waals surface area contributed by atoms with Gasteiger partial charge in [-0.2, -0.15) is 0 Å². The largest absolute Gasteiger partial charge is 0.369 e. The molecule has 0 spiro atoms. The molecule has 0 aromatic heterocycles. The lowest BCUT2D eigenvalue weighted by molar-refractivity contribution is 0.585. The molecule has 0 fully saturated rings. The van der Waals surface area contributed by atoms with Crippen LogP contribution in [0.15, 0.2) is 4.99 Å². The highest BCUT2D eigenvalue weighted by molar-refractivity contribution is 5.77. The molecule has 0 aliphatic heterocycles. The molecule has 66 valence electrons. The van der Waals surface area contributed by atoms with Gasteiger partial charge in [-0.05, 0) is 12.8 Å². The van der Waals surface area contributed by atoms with Crippen molar-refractivity contribution >= 4 is 5.96 Å². The lowest BCUT2D eigenvalue weighted by Gasteiger charge is -2.08. The summed E-state index contributed by atoms with van der Waals surface area (Å²) in [7, 11) is 0. The molecule has 11 heavy (non-hydrogen) atoms. The summed E-state index contributed by atoms with van der Waals surface area (Å²) in [5.74, 6) is 5.39. The molecular formula is C7H18N4. The van der Waals surface area contributed by atoms with Crippen LogP contribution >= 0.6 is 0 Å². The molecule has 5 N–H and O–H groups in total. The molecule has 0 aliphatic rings. The maximum atomic E-state index is 5.39. The Labute approximate surface area is 68.0 Å². The second kappa shape index (κ2) is 5.97. The van der Waals surface area contributed by atoms with Gasteiger partial charge in [-0.25, -0.2) is 10.8 Å². The predicted molar refractivity (Wildman–Crippen MR) is 47.9 cm³/mol. The van der Waals surface area contributed by atoms with Gasteiger partial charge in [-0.1, -0.05) is 20.3 Å². The van der Waals surface area contributed by atoms with Gasteiger partial charge in [0.05, 0.1) is 6.04 Å². The lowest BCUT2D eigenvalue weighted by Crippen LogP contribution is -2.38.